The van der Waals surface area contributed by atoms with E-state index in [0.717, 1.165) is 0 Å². The van der Waals surface area contributed by atoms with Gasteiger partial charge >= 0.3 is 0 Å². The number of hydrazine groups is 1. The van der Waals surface area contributed by atoms with Gasteiger partial charge in [0.1, 0.15) is 0 Å². The van der Waals surface area contributed by atoms with Crippen molar-refractivity contribution in [2.24, 2.45) is 0 Å². The van der Waals surface area contributed by atoms with E-state index >= 15 is 0 Å². The predicted octanol–water partition coefficient (Wildman–Crippen LogP) is 3.42. The van der Waals surface area contributed by atoms with E-state index in [9.17, 15) is 9.59 Å². The van der Waals surface area contributed by atoms with Crippen LogP contribution in [-0.4, -0.2) is 17.6 Å². The highest BCUT2D eigenvalue weighted by molar-refractivity contribution is 8.00. The van der Waals surface area contributed by atoms with Crippen LogP contribution < -0.4 is 10.9 Å². The van der Waals surface area contributed by atoms with Crippen LogP contribution in [0.3, 0.4) is 0 Å². The van der Waals surface area contributed by atoms with Gasteiger partial charge in [0.2, 0.25) is 5.91 Å². The van der Waals surface area contributed by atoms with Crippen molar-refractivity contribution >= 4 is 46.8 Å². The molecule has 2 amide bonds. The number of thioether (sulfide) groups is 1. The molecule has 2 N–H and O–H groups in total. The van der Waals surface area contributed by atoms with E-state index in [0.29, 0.717) is 26.1 Å². The molecular weight excluding hydrogens is 369 g/mol. The van der Waals surface area contributed by atoms with Gasteiger partial charge in [-0.2, -0.15) is 5.26 Å². The number of benzene rings is 2. The number of nitrogens with zero attached hydrogens (tertiary/aromatic N) is 1. The number of carbonyl (C=O) groups excluding carboxylic acids is 2. The smallest absolute Gasteiger partial charge is 0.269 e. The summed E-state index contributed by atoms with van der Waals surface area (Å²) in [7, 11) is 0. The lowest BCUT2D eigenvalue weighted by Crippen LogP contribution is -2.42. The SMILES string of the molecule is N#Cc1ccc(C(=O)NNC(=O)CSc2cc(Cl)ccc2Cl)cc1. The molecule has 0 aromatic heterocycles. The Bertz CT molecular complexity index is 804. The van der Waals surface area contributed by atoms with Gasteiger partial charge in [0.15, 0.2) is 0 Å². The maximum absolute atomic E-state index is 11.9. The highest BCUT2D eigenvalue weighted by Gasteiger charge is 2.09. The van der Waals surface area contributed by atoms with E-state index in [-0.39, 0.29) is 5.75 Å². The molecule has 0 aliphatic rings. The Labute approximate surface area is 152 Å². The molecule has 5 nitrogen and oxygen atoms in total. The molecule has 0 aliphatic heterocycles. The van der Waals surface area contributed by atoms with Crippen LogP contribution in [0.5, 0.6) is 0 Å². The fraction of sp³-hybridized carbons (Fsp3) is 0.0625. The van der Waals surface area contributed by atoms with Crippen molar-refractivity contribution < 1.29 is 9.59 Å². The minimum absolute atomic E-state index is 0.0632. The molecule has 0 bridgehead atoms. The van der Waals surface area contributed by atoms with Crippen LogP contribution in [0.1, 0.15) is 15.9 Å². The first-order chi connectivity index (χ1) is 11.5. The first-order valence-corrected chi connectivity index (χ1v) is 8.41. The first kappa shape index (κ1) is 18.1. The molecule has 0 saturated carbocycles. The summed E-state index contributed by atoms with van der Waals surface area (Å²) in [6, 6.07) is 13.0. The highest BCUT2D eigenvalue weighted by atomic mass is 35.5. The quantitative estimate of drug-likeness (QED) is 0.629. The fourth-order valence-corrected chi connectivity index (χ4v) is 2.95. The second kappa shape index (κ2) is 8.60. The summed E-state index contributed by atoms with van der Waals surface area (Å²) in [5, 5.41) is 9.73. The van der Waals surface area contributed by atoms with Crippen LogP contribution in [0, 0.1) is 11.3 Å². The predicted molar refractivity (Wildman–Crippen MR) is 94.0 cm³/mol. The zero-order valence-corrected chi connectivity index (χ0v) is 14.5. The lowest BCUT2D eigenvalue weighted by Gasteiger charge is -2.08. The Morgan fingerprint density at radius 1 is 1.08 bits per heavy atom. The molecule has 0 spiro atoms. The molecule has 0 heterocycles. The van der Waals surface area contributed by atoms with E-state index < -0.39 is 11.8 Å². The van der Waals surface area contributed by atoms with Gasteiger partial charge in [0, 0.05) is 15.5 Å². The van der Waals surface area contributed by atoms with Gasteiger partial charge in [-0.05, 0) is 42.5 Å². The van der Waals surface area contributed by atoms with Crippen molar-refractivity contribution in [2.75, 3.05) is 5.75 Å². The zero-order valence-electron chi connectivity index (χ0n) is 12.2. The Morgan fingerprint density at radius 3 is 2.46 bits per heavy atom. The molecule has 0 atom stereocenters. The normalized spacial score (nSPS) is 9.88. The van der Waals surface area contributed by atoms with Gasteiger partial charge in [0.25, 0.3) is 5.91 Å². The minimum atomic E-state index is -0.473. The van der Waals surface area contributed by atoms with Crippen LogP contribution in [0.4, 0.5) is 0 Å². The van der Waals surface area contributed by atoms with Crippen molar-refractivity contribution in [2.45, 2.75) is 4.90 Å². The van der Waals surface area contributed by atoms with Crippen LogP contribution in [0.2, 0.25) is 10.0 Å². The van der Waals surface area contributed by atoms with Gasteiger partial charge < -0.3 is 0 Å². The zero-order chi connectivity index (χ0) is 17.5. The number of nitriles is 1. The topological polar surface area (TPSA) is 82.0 Å². The second-order valence-electron chi connectivity index (χ2n) is 4.55. The Hall–Kier alpha value is -2.20. The lowest BCUT2D eigenvalue weighted by molar-refractivity contribution is -0.119. The number of hydrogen-bond donors (Lipinski definition) is 2. The summed E-state index contributed by atoms with van der Waals surface area (Å²) in [6.07, 6.45) is 0. The summed E-state index contributed by atoms with van der Waals surface area (Å²) < 4.78 is 0. The standard InChI is InChI=1S/C16H11Cl2N3O2S/c17-12-5-6-13(18)14(7-12)24-9-15(22)20-21-16(23)11-3-1-10(8-19)2-4-11/h1-7H,9H2,(H,20,22)(H,21,23). The summed E-state index contributed by atoms with van der Waals surface area (Å²) in [5.41, 5.74) is 5.40. The van der Waals surface area contributed by atoms with E-state index in [4.69, 9.17) is 28.5 Å². The Kier molecular flexibility index (Phi) is 6.50. The molecule has 122 valence electrons. The Morgan fingerprint density at radius 2 is 1.79 bits per heavy atom. The number of nitrogens with one attached hydrogen (secondary N) is 2. The van der Waals surface area contributed by atoms with Crippen molar-refractivity contribution in [1.82, 2.24) is 10.9 Å². The molecular formula is C16H11Cl2N3O2S. The lowest BCUT2D eigenvalue weighted by atomic mass is 10.1. The van der Waals surface area contributed by atoms with Gasteiger partial charge in [-0.3, -0.25) is 20.4 Å². The van der Waals surface area contributed by atoms with E-state index in [1.165, 1.54) is 36.0 Å². The third kappa shape index (κ3) is 5.17. The van der Waals surface area contributed by atoms with Crippen LogP contribution in [0.15, 0.2) is 47.4 Å². The number of amides is 2. The van der Waals surface area contributed by atoms with Gasteiger partial charge in [-0.25, -0.2) is 0 Å². The Balaban J connectivity index is 1.83. The summed E-state index contributed by atoms with van der Waals surface area (Å²) in [4.78, 5) is 24.3. The van der Waals surface area contributed by atoms with E-state index in [2.05, 4.69) is 10.9 Å². The number of halogens is 2. The van der Waals surface area contributed by atoms with Crippen molar-refractivity contribution in [3.05, 3.63) is 63.6 Å². The molecule has 2 aromatic carbocycles. The monoisotopic (exact) mass is 379 g/mol. The highest BCUT2D eigenvalue weighted by Crippen LogP contribution is 2.29. The average molecular weight is 380 g/mol. The largest absolute Gasteiger partial charge is 0.272 e. The van der Waals surface area contributed by atoms with Gasteiger partial charge in [-0.15, -0.1) is 11.8 Å². The number of rotatable bonds is 4. The second-order valence-corrected chi connectivity index (χ2v) is 6.42. The van der Waals surface area contributed by atoms with Crippen molar-refractivity contribution in [3.63, 3.8) is 0 Å². The third-order valence-electron chi connectivity index (χ3n) is 2.84. The van der Waals surface area contributed by atoms with Crippen LogP contribution in [0.25, 0.3) is 0 Å². The molecule has 0 fully saturated rings. The van der Waals surface area contributed by atoms with Crippen molar-refractivity contribution in [1.29, 1.82) is 5.26 Å². The molecule has 0 unspecified atom stereocenters. The maximum Gasteiger partial charge on any atom is 0.269 e. The van der Waals surface area contributed by atoms with Crippen LogP contribution >= 0.6 is 35.0 Å². The number of hydrogen-bond acceptors (Lipinski definition) is 4. The molecule has 0 saturated heterocycles. The maximum atomic E-state index is 11.9. The molecule has 24 heavy (non-hydrogen) atoms. The molecule has 2 aromatic rings. The van der Waals surface area contributed by atoms with Gasteiger partial charge in [0.05, 0.1) is 22.4 Å². The third-order valence-corrected chi connectivity index (χ3v) is 4.58. The van der Waals surface area contributed by atoms with Gasteiger partial charge in [-0.1, -0.05) is 23.2 Å². The summed E-state index contributed by atoms with van der Waals surface area (Å²) in [6.45, 7) is 0. The number of carbonyl (C=O) groups is 2. The average Bonchev–Trinajstić information content (AvgIpc) is 2.60. The van der Waals surface area contributed by atoms with E-state index in [1.54, 1.807) is 18.2 Å². The first-order valence-electron chi connectivity index (χ1n) is 6.67. The van der Waals surface area contributed by atoms with Crippen molar-refractivity contribution in [3.8, 4) is 6.07 Å². The minimum Gasteiger partial charge on any atom is -0.272 e. The summed E-state index contributed by atoms with van der Waals surface area (Å²) in [5.74, 6) is -0.801. The van der Waals surface area contributed by atoms with Crippen LogP contribution in [-0.2, 0) is 4.79 Å². The molecule has 2 rings (SSSR count). The molecule has 0 aliphatic carbocycles. The fourth-order valence-electron chi connectivity index (χ4n) is 1.66. The van der Waals surface area contributed by atoms with E-state index in [1.807, 2.05) is 6.07 Å². The molecule has 8 heteroatoms. The summed E-state index contributed by atoms with van der Waals surface area (Å²) >= 11 is 13.1. The molecule has 0 radical (unpaired) electrons.